The molecule has 2 N–H and O–H groups in total. The first-order valence-electron chi connectivity index (χ1n) is 7.20. The predicted molar refractivity (Wildman–Crippen MR) is 78.5 cm³/mol. The Labute approximate surface area is 119 Å². The van der Waals surface area contributed by atoms with Gasteiger partial charge < -0.3 is 15.5 Å². The molecule has 0 radical (unpaired) electrons. The van der Waals surface area contributed by atoms with E-state index in [2.05, 4.69) is 26.9 Å². The highest BCUT2D eigenvalue weighted by Gasteiger charge is 2.14. The lowest BCUT2D eigenvalue weighted by atomic mass is 10.3. The molecule has 3 rings (SSSR count). The summed E-state index contributed by atoms with van der Waals surface area (Å²) in [6.07, 6.45) is 2.83. The zero-order valence-corrected chi connectivity index (χ0v) is 12.0. The lowest BCUT2D eigenvalue weighted by Crippen LogP contribution is -2.45. The molecule has 0 unspecified atom stereocenters. The van der Waals surface area contributed by atoms with E-state index in [1.165, 1.54) is 0 Å². The second-order valence-corrected chi connectivity index (χ2v) is 5.43. The number of aromatic nitrogens is 3. The summed E-state index contributed by atoms with van der Waals surface area (Å²) in [5, 5.41) is 4.53. The zero-order valence-electron chi connectivity index (χ0n) is 12.0. The van der Waals surface area contributed by atoms with Crippen molar-refractivity contribution in [3.63, 3.8) is 0 Å². The van der Waals surface area contributed by atoms with E-state index in [1.54, 1.807) is 0 Å². The van der Waals surface area contributed by atoms with Gasteiger partial charge in [-0.3, -0.25) is 0 Å². The molecule has 0 aromatic carbocycles. The van der Waals surface area contributed by atoms with E-state index in [-0.39, 0.29) is 0 Å². The first kappa shape index (κ1) is 13.5. The highest BCUT2D eigenvalue weighted by Crippen LogP contribution is 2.09. The Balaban J connectivity index is 1.66. The maximum atomic E-state index is 5.74. The third-order valence-corrected chi connectivity index (χ3v) is 3.95. The Bertz CT molecular complexity index is 570. The molecule has 0 amide bonds. The van der Waals surface area contributed by atoms with Gasteiger partial charge in [-0.2, -0.15) is 5.10 Å². The van der Waals surface area contributed by atoms with Crippen LogP contribution in [0.25, 0.3) is 5.65 Å². The van der Waals surface area contributed by atoms with E-state index >= 15 is 0 Å². The van der Waals surface area contributed by atoms with Gasteiger partial charge in [0.25, 0.3) is 0 Å². The van der Waals surface area contributed by atoms with Crippen LogP contribution in [0, 0.1) is 0 Å². The maximum absolute atomic E-state index is 5.74. The number of nitrogens with zero attached hydrogens (tertiary/aromatic N) is 5. The van der Waals surface area contributed by atoms with E-state index in [0.29, 0.717) is 6.54 Å². The fourth-order valence-electron chi connectivity index (χ4n) is 2.60. The smallest absolute Gasteiger partial charge is 0.160 e. The lowest BCUT2D eigenvalue weighted by Gasteiger charge is -2.31. The van der Waals surface area contributed by atoms with Crippen molar-refractivity contribution in [1.29, 1.82) is 0 Å². The molecule has 1 aliphatic rings. The van der Waals surface area contributed by atoms with Crippen molar-refractivity contribution in [1.82, 2.24) is 24.4 Å². The highest BCUT2D eigenvalue weighted by molar-refractivity contribution is 5.46. The van der Waals surface area contributed by atoms with Crippen LogP contribution in [0.2, 0.25) is 0 Å². The summed E-state index contributed by atoms with van der Waals surface area (Å²) in [7, 11) is 2.18. The number of nitrogens with two attached hydrogens (primary N) is 1. The van der Waals surface area contributed by atoms with Crippen molar-refractivity contribution in [3.05, 3.63) is 29.7 Å². The van der Waals surface area contributed by atoms with Gasteiger partial charge in [-0.05, 0) is 13.1 Å². The second-order valence-electron chi connectivity index (χ2n) is 5.43. The minimum atomic E-state index is 0.501. The quantitative estimate of drug-likeness (QED) is 0.849. The van der Waals surface area contributed by atoms with E-state index < -0.39 is 0 Å². The summed E-state index contributed by atoms with van der Waals surface area (Å²) in [4.78, 5) is 9.47. The molecule has 108 valence electrons. The van der Waals surface area contributed by atoms with Gasteiger partial charge in [-0.1, -0.05) is 6.07 Å². The van der Waals surface area contributed by atoms with Crippen molar-refractivity contribution < 1.29 is 0 Å². The molecule has 2 aromatic rings. The molecule has 6 heteroatoms. The van der Waals surface area contributed by atoms with E-state index in [9.17, 15) is 0 Å². The van der Waals surface area contributed by atoms with Crippen molar-refractivity contribution in [3.8, 4) is 0 Å². The molecular formula is C14H22N6. The predicted octanol–water partition coefficient (Wildman–Crippen LogP) is -0.0221. The monoisotopic (exact) mass is 274 g/mol. The normalized spacial score (nSPS) is 17.9. The van der Waals surface area contributed by atoms with Crippen molar-refractivity contribution in [2.75, 3.05) is 39.8 Å². The topological polar surface area (TPSA) is 62.7 Å². The molecule has 1 fully saturated rings. The second kappa shape index (κ2) is 5.87. The first-order valence-corrected chi connectivity index (χ1v) is 7.20. The summed E-state index contributed by atoms with van der Waals surface area (Å²) in [5.74, 6) is 0.907. The van der Waals surface area contributed by atoms with Crippen LogP contribution in [0.3, 0.4) is 0 Å². The minimum absolute atomic E-state index is 0.501. The van der Waals surface area contributed by atoms with Crippen LogP contribution in [0.15, 0.2) is 18.3 Å². The zero-order chi connectivity index (χ0) is 13.9. The Morgan fingerprint density at radius 3 is 2.80 bits per heavy atom. The maximum Gasteiger partial charge on any atom is 0.160 e. The van der Waals surface area contributed by atoms with Crippen LogP contribution in [0.5, 0.6) is 0 Å². The first-order chi connectivity index (χ1) is 9.76. The standard InChI is InChI=1S/C14H22N6/c1-18-7-9-19(10-8-18)6-4-13-16-14-12(11-15)3-2-5-20(14)17-13/h2-3,5H,4,6-11,15H2,1H3. The van der Waals surface area contributed by atoms with Gasteiger partial charge in [0.2, 0.25) is 0 Å². The summed E-state index contributed by atoms with van der Waals surface area (Å²) in [5.41, 5.74) is 7.67. The van der Waals surface area contributed by atoms with Gasteiger partial charge in [-0.15, -0.1) is 0 Å². The van der Waals surface area contributed by atoms with Crippen molar-refractivity contribution in [2.24, 2.45) is 5.73 Å². The van der Waals surface area contributed by atoms with Gasteiger partial charge in [0.15, 0.2) is 11.5 Å². The molecule has 0 spiro atoms. The number of fused-ring (bicyclic) bond motifs is 1. The van der Waals surface area contributed by atoms with Crippen LogP contribution >= 0.6 is 0 Å². The number of hydrogen-bond acceptors (Lipinski definition) is 5. The van der Waals surface area contributed by atoms with Gasteiger partial charge in [-0.25, -0.2) is 9.50 Å². The molecule has 3 heterocycles. The Morgan fingerprint density at radius 2 is 2.05 bits per heavy atom. The Morgan fingerprint density at radius 1 is 1.25 bits per heavy atom. The molecule has 0 atom stereocenters. The lowest BCUT2D eigenvalue weighted by molar-refractivity contribution is 0.155. The molecule has 20 heavy (non-hydrogen) atoms. The molecule has 6 nitrogen and oxygen atoms in total. The largest absolute Gasteiger partial charge is 0.326 e. The number of hydrogen-bond donors (Lipinski definition) is 1. The van der Waals surface area contributed by atoms with Crippen LogP contribution in [0.4, 0.5) is 0 Å². The van der Waals surface area contributed by atoms with Gasteiger partial charge >= 0.3 is 0 Å². The van der Waals surface area contributed by atoms with E-state index in [1.807, 2.05) is 22.8 Å². The van der Waals surface area contributed by atoms with Crippen LogP contribution in [0.1, 0.15) is 11.4 Å². The number of rotatable bonds is 4. The Kier molecular flexibility index (Phi) is 3.95. The van der Waals surface area contributed by atoms with Gasteiger partial charge in [0, 0.05) is 57.4 Å². The fraction of sp³-hybridized carbons (Fsp3) is 0.571. The molecule has 0 saturated carbocycles. The average molecular weight is 274 g/mol. The number of pyridine rings is 1. The van der Waals surface area contributed by atoms with E-state index in [4.69, 9.17) is 5.73 Å². The molecule has 2 aromatic heterocycles. The molecule has 0 aliphatic carbocycles. The molecule has 1 saturated heterocycles. The van der Waals surface area contributed by atoms with Crippen molar-refractivity contribution >= 4 is 5.65 Å². The molecule has 1 aliphatic heterocycles. The van der Waals surface area contributed by atoms with Crippen LogP contribution in [-0.2, 0) is 13.0 Å². The van der Waals surface area contributed by atoms with Crippen LogP contribution in [-0.4, -0.2) is 64.2 Å². The summed E-state index contributed by atoms with van der Waals surface area (Å²) in [6.45, 7) is 6.10. The highest BCUT2D eigenvalue weighted by atomic mass is 15.3. The van der Waals surface area contributed by atoms with Crippen LogP contribution < -0.4 is 5.73 Å². The molecule has 0 bridgehead atoms. The summed E-state index contributed by atoms with van der Waals surface area (Å²) < 4.78 is 1.83. The molecular weight excluding hydrogens is 252 g/mol. The summed E-state index contributed by atoms with van der Waals surface area (Å²) in [6, 6.07) is 3.97. The third kappa shape index (κ3) is 2.82. The average Bonchev–Trinajstić information content (AvgIpc) is 2.89. The van der Waals surface area contributed by atoms with E-state index in [0.717, 1.165) is 56.2 Å². The SMILES string of the molecule is CN1CCN(CCc2nc3c(CN)cccn3n2)CC1. The number of piperazine rings is 1. The van der Waals surface area contributed by atoms with Gasteiger partial charge in [0.05, 0.1) is 0 Å². The summed E-state index contributed by atoms with van der Waals surface area (Å²) >= 11 is 0. The fourth-order valence-corrected chi connectivity index (χ4v) is 2.60. The third-order valence-electron chi connectivity index (χ3n) is 3.95. The Hall–Kier alpha value is -1.50. The van der Waals surface area contributed by atoms with Gasteiger partial charge in [0.1, 0.15) is 0 Å². The minimum Gasteiger partial charge on any atom is -0.326 e. The number of likely N-dealkylation sites (N-methyl/N-ethyl adjacent to an activating group) is 1. The van der Waals surface area contributed by atoms with Crippen molar-refractivity contribution in [2.45, 2.75) is 13.0 Å².